The summed E-state index contributed by atoms with van der Waals surface area (Å²) in [7, 11) is 0. The number of aromatic nitrogens is 2. The number of imidazole rings is 1. The Balaban J connectivity index is 2.05. The molecule has 0 spiro atoms. The molecule has 0 amide bonds. The summed E-state index contributed by atoms with van der Waals surface area (Å²) in [6.45, 7) is 8.85. The minimum absolute atomic E-state index is 0.398. The van der Waals surface area contributed by atoms with Crippen molar-refractivity contribution in [2.45, 2.75) is 71.3 Å². The van der Waals surface area contributed by atoms with Crippen LogP contribution in [0.4, 0.5) is 0 Å². The van der Waals surface area contributed by atoms with E-state index in [0.29, 0.717) is 12.0 Å². The summed E-state index contributed by atoms with van der Waals surface area (Å²) in [5.74, 6) is 1.86. The molecule has 0 saturated heterocycles. The van der Waals surface area contributed by atoms with Crippen molar-refractivity contribution in [1.29, 1.82) is 0 Å². The average molecular weight is 263 g/mol. The molecule has 1 heterocycles. The number of nitrogens with zero attached hydrogens (tertiary/aromatic N) is 2. The van der Waals surface area contributed by atoms with E-state index in [-0.39, 0.29) is 0 Å². The maximum absolute atomic E-state index is 4.64. The van der Waals surface area contributed by atoms with Gasteiger partial charge in [0.1, 0.15) is 5.82 Å². The molecule has 19 heavy (non-hydrogen) atoms. The van der Waals surface area contributed by atoms with Crippen LogP contribution in [0, 0.1) is 0 Å². The first kappa shape index (κ1) is 14.6. The van der Waals surface area contributed by atoms with Crippen LogP contribution in [0.5, 0.6) is 0 Å². The highest BCUT2D eigenvalue weighted by Gasteiger charge is 2.20. The molecule has 3 heteroatoms. The normalized spacial score (nSPS) is 19.6. The van der Waals surface area contributed by atoms with Crippen molar-refractivity contribution in [2.24, 2.45) is 0 Å². The summed E-state index contributed by atoms with van der Waals surface area (Å²) in [6, 6.07) is 0.398. The lowest BCUT2D eigenvalue weighted by Gasteiger charge is -2.24. The molecule has 1 fully saturated rings. The van der Waals surface area contributed by atoms with Gasteiger partial charge in [0.25, 0.3) is 0 Å². The lowest BCUT2D eigenvalue weighted by molar-refractivity contribution is 0.226. The average Bonchev–Trinajstić information content (AvgIpc) is 2.76. The van der Waals surface area contributed by atoms with Crippen LogP contribution in [0.3, 0.4) is 0 Å². The van der Waals surface area contributed by atoms with Crippen LogP contribution in [0.1, 0.15) is 82.8 Å². The number of hydrogen-bond donors (Lipinski definition) is 1. The molecule has 0 bridgehead atoms. The zero-order valence-corrected chi connectivity index (χ0v) is 12.8. The highest BCUT2D eigenvalue weighted by molar-refractivity contribution is 5.10. The first-order valence-electron chi connectivity index (χ1n) is 8.05. The van der Waals surface area contributed by atoms with Gasteiger partial charge in [-0.1, -0.05) is 39.5 Å². The van der Waals surface area contributed by atoms with Crippen molar-refractivity contribution in [3.63, 3.8) is 0 Å². The van der Waals surface area contributed by atoms with Crippen LogP contribution in [0.2, 0.25) is 0 Å². The fraction of sp³-hybridized carbons (Fsp3) is 0.812. The van der Waals surface area contributed by atoms with Crippen molar-refractivity contribution in [1.82, 2.24) is 14.9 Å². The summed E-state index contributed by atoms with van der Waals surface area (Å²) in [5, 5.41) is 0. The third-order valence-electron chi connectivity index (χ3n) is 4.67. The molecular formula is C16H29N3. The van der Waals surface area contributed by atoms with E-state index >= 15 is 0 Å². The topological polar surface area (TPSA) is 31.9 Å². The molecule has 1 aliphatic rings. The largest absolute Gasteiger partial charge is 0.344 e. The van der Waals surface area contributed by atoms with Crippen molar-refractivity contribution in [3.05, 3.63) is 17.7 Å². The van der Waals surface area contributed by atoms with Crippen molar-refractivity contribution in [3.8, 4) is 0 Å². The van der Waals surface area contributed by atoms with Gasteiger partial charge in [0, 0.05) is 17.8 Å². The molecule has 3 nitrogen and oxygen atoms in total. The number of hydrogen-bond acceptors (Lipinski definition) is 2. The van der Waals surface area contributed by atoms with E-state index in [0.717, 1.165) is 18.9 Å². The molecule has 1 atom stereocenters. The fourth-order valence-corrected chi connectivity index (χ4v) is 3.31. The van der Waals surface area contributed by atoms with E-state index in [1.807, 2.05) is 0 Å². The maximum Gasteiger partial charge on any atom is 0.123 e. The highest BCUT2D eigenvalue weighted by Crippen LogP contribution is 2.31. The van der Waals surface area contributed by atoms with Crippen molar-refractivity contribution >= 4 is 0 Å². The quantitative estimate of drug-likeness (QED) is 0.805. The third kappa shape index (κ3) is 3.59. The Morgan fingerprint density at radius 1 is 1.21 bits per heavy atom. The summed E-state index contributed by atoms with van der Waals surface area (Å²) < 4.78 is 0. The molecule has 2 rings (SSSR count). The molecule has 1 aromatic heterocycles. The minimum atomic E-state index is 0.398. The van der Waals surface area contributed by atoms with Crippen LogP contribution >= 0.6 is 0 Å². The lowest BCUT2D eigenvalue weighted by Crippen LogP contribution is -2.27. The first-order chi connectivity index (χ1) is 9.26. The Hall–Kier alpha value is -0.830. The van der Waals surface area contributed by atoms with Crippen LogP contribution in [0.25, 0.3) is 0 Å². The second-order valence-electron chi connectivity index (χ2n) is 5.81. The summed E-state index contributed by atoms with van der Waals surface area (Å²) in [5.41, 5.74) is 1.37. The predicted octanol–water partition coefficient (Wildman–Crippen LogP) is 4.25. The van der Waals surface area contributed by atoms with Gasteiger partial charge in [-0.15, -0.1) is 0 Å². The van der Waals surface area contributed by atoms with E-state index in [9.17, 15) is 0 Å². The SMILES string of the molecule is CCN(CC)C(C)c1ncc(C2CCCCCC2)[nH]1. The molecule has 0 aromatic carbocycles. The van der Waals surface area contributed by atoms with Crippen LogP contribution in [0.15, 0.2) is 6.20 Å². The van der Waals surface area contributed by atoms with Crippen LogP contribution in [-0.2, 0) is 0 Å². The Kier molecular flexibility index (Phi) is 5.44. The Morgan fingerprint density at radius 3 is 2.42 bits per heavy atom. The van der Waals surface area contributed by atoms with Gasteiger partial charge in [-0.25, -0.2) is 4.98 Å². The maximum atomic E-state index is 4.64. The fourth-order valence-electron chi connectivity index (χ4n) is 3.31. The van der Waals surface area contributed by atoms with E-state index in [1.165, 1.54) is 44.2 Å². The molecule has 1 aliphatic carbocycles. The number of nitrogens with one attached hydrogen (secondary N) is 1. The molecule has 108 valence electrons. The van der Waals surface area contributed by atoms with E-state index in [2.05, 4.69) is 41.8 Å². The zero-order valence-electron chi connectivity index (χ0n) is 12.8. The molecule has 1 aromatic rings. The third-order valence-corrected chi connectivity index (χ3v) is 4.67. The first-order valence-corrected chi connectivity index (χ1v) is 8.05. The molecule has 1 saturated carbocycles. The number of H-pyrrole nitrogens is 1. The smallest absolute Gasteiger partial charge is 0.123 e. The van der Waals surface area contributed by atoms with Gasteiger partial charge in [-0.2, -0.15) is 0 Å². The monoisotopic (exact) mass is 263 g/mol. The summed E-state index contributed by atoms with van der Waals surface area (Å²) >= 11 is 0. The van der Waals surface area contributed by atoms with Crippen molar-refractivity contribution in [2.75, 3.05) is 13.1 Å². The van der Waals surface area contributed by atoms with Gasteiger partial charge in [0.2, 0.25) is 0 Å². The standard InChI is InChI=1S/C16H29N3/c1-4-19(5-2)13(3)16-17-12-15(18-16)14-10-8-6-7-9-11-14/h12-14H,4-11H2,1-3H3,(H,17,18). The van der Waals surface area contributed by atoms with Gasteiger partial charge in [-0.05, 0) is 32.9 Å². The lowest BCUT2D eigenvalue weighted by atomic mass is 9.97. The van der Waals surface area contributed by atoms with Gasteiger partial charge >= 0.3 is 0 Å². The predicted molar refractivity (Wildman–Crippen MR) is 80.4 cm³/mol. The summed E-state index contributed by atoms with van der Waals surface area (Å²) in [6.07, 6.45) is 10.3. The molecule has 1 unspecified atom stereocenters. The van der Waals surface area contributed by atoms with E-state index in [1.54, 1.807) is 0 Å². The molecule has 1 N–H and O–H groups in total. The molecule has 0 radical (unpaired) electrons. The molecule has 0 aliphatic heterocycles. The van der Waals surface area contributed by atoms with Gasteiger partial charge in [-0.3, -0.25) is 4.90 Å². The Bertz CT molecular complexity index is 343. The van der Waals surface area contributed by atoms with Gasteiger partial charge in [0.15, 0.2) is 0 Å². The second-order valence-corrected chi connectivity index (χ2v) is 5.81. The highest BCUT2D eigenvalue weighted by atomic mass is 15.2. The van der Waals surface area contributed by atoms with E-state index < -0.39 is 0 Å². The van der Waals surface area contributed by atoms with Gasteiger partial charge < -0.3 is 4.98 Å². The minimum Gasteiger partial charge on any atom is -0.344 e. The number of rotatable bonds is 5. The van der Waals surface area contributed by atoms with Crippen molar-refractivity contribution < 1.29 is 0 Å². The Morgan fingerprint density at radius 2 is 1.84 bits per heavy atom. The van der Waals surface area contributed by atoms with Crippen LogP contribution < -0.4 is 0 Å². The van der Waals surface area contributed by atoms with E-state index in [4.69, 9.17) is 0 Å². The van der Waals surface area contributed by atoms with Crippen LogP contribution in [-0.4, -0.2) is 28.0 Å². The van der Waals surface area contributed by atoms with Gasteiger partial charge in [0.05, 0.1) is 6.04 Å². The summed E-state index contributed by atoms with van der Waals surface area (Å²) in [4.78, 5) is 10.7. The second kappa shape index (κ2) is 7.09. The number of aromatic amines is 1. The Labute approximate surface area is 117 Å². The zero-order chi connectivity index (χ0) is 13.7. The molecular weight excluding hydrogens is 234 g/mol.